The SMILES string of the molecule is CC(=O)c1ccc(NC(=O)Cn2nc(C(=O)N3CCCC3)ccc2=O)cc1. The van der Waals surface area contributed by atoms with Gasteiger partial charge in [-0.25, -0.2) is 4.68 Å². The molecule has 3 rings (SSSR count). The Hall–Kier alpha value is -3.29. The molecule has 0 bridgehead atoms. The molecule has 1 aromatic carbocycles. The molecular formula is C19H20N4O4. The van der Waals surface area contributed by atoms with Crippen LogP contribution in [0.15, 0.2) is 41.2 Å². The summed E-state index contributed by atoms with van der Waals surface area (Å²) in [5.74, 6) is -0.754. The Labute approximate surface area is 155 Å². The van der Waals surface area contributed by atoms with Crippen LogP contribution in [0.4, 0.5) is 5.69 Å². The quantitative estimate of drug-likeness (QED) is 0.802. The van der Waals surface area contributed by atoms with Crippen molar-refractivity contribution in [2.45, 2.75) is 26.3 Å². The van der Waals surface area contributed by atoms with Crippen molar-refractivity contribution in [1.82, 2.24) is 14.7 Å². The Kier molecular flexibility index (Phi) is 5.44. The average Bonchev–Trinajstić information content (AvgIpc) is 3.18. The molecule has 0 spiro atoms. The third kappa shape index (κ3) is 4.46. The Morgan fingerprint density at radius 3 is 2.33 bits per heavy atom. The number of hydrogen-bond donors (Lipinski definition) is 1. The van der Waals surface area contributed by atoms with Crippen molar-refractivity contribution in [2.24, 2.45) is 0 Å². The average molecular weight is 368 g/mol. The van der Waals surface area contributed by atoms with Gasteiger partial charge in [-0.15, -0.1) is 0 Å². The molecule has 1 fully saturated rings. The summed E-state index contributed by atoms with van der Waals surface area (Å²) in [6.07, 6.45) is 1.91. The zero-order valence-electron chi connectivity index (χ0n) is 15.0. The second-order valence-electron chi connectivity index (χ2n) is 6.40. The summed E-state index contributed by atoms with van der Waals surface area (Å²) in [5, 5.41) is 6.69. The standard InChI is InChI=1S/C19H20N4O4/c1-13(24)14-4-6-15(7-5-14)20-17(25)12-23-18(26)9-8-16(21-23)19(27)22-10-2-3-11-22/h4-9H,2-3,10-12H2,1H3,(H,20,25). The monoisotopic (exact) mass is 368 g/mol. The number of aromatic nitrogens is 2. The highest BCUT2D eigenvalue weighted by atomic mass is 16.2. The van der Waals surface area contributed by atoms with E-state index in [0.29, 0.717) is 24.3 Å². The highest BCUT2D eigenvalue weighted by Gasteiger charge is 2.21. The summed E-state index contributed by atoms with van der Waals surface area (Å²) in [6, 6.07) is 9.06. The largest absolute Gasteiger partial charge is 0.337 e. The molecule has 2 heterocycles. The maximum atomic E-state index is 12.4. The molecule has 0 aliphatic carbocycles. The van der Waals surface area contributed by atoms with Crippen LogP contribution >= 0.6 is 0 Å². The first-order valence-electron chi connectivity index (χ1n) is 8.72. The van der Waals surface area contributed by atoms with Gasteiger partial charge in [-0.2, -0.15) is 5.10 Å². The molecule has 0 radical (unpaired) electrons. The van der Waals surface area contributed by atoms with E-state index in [4.69, 9.17) is 0 Å². The predicted molar refractivity (Wildman–Crippen MR) is 98.7 cm³/mol. The number of carbonyl (C=O) groups excluding carboxylic acids is 3. The van der Waals surface area contributed by atoms with Gasteiger partial charge in [0.05, 0.1) is 0 Å². The molecule has 8 nitrogen and oxygen atoms in total. The lowest BCUT2D eigenvalue weighted by Gasteiger charge is -2.15. The Bertz CT molecular complexity index is 927. The van der Waals surface area contributed by atoms with Gasteiger partial charge in [0.25, 0.3) is 11.5 Å². The lowest BCUT2D eigenvalue weighted by Crippen LogP contribution is -2.34. The number of amides is 2. The van der Waals surface area contributed by atoms with Crippen LogP contribution in [0.3, 0.4) is 0 Å². The van der Waals surface area contributed by atoms with Crippen molar-refractivity contribution in [3.05, 3.63) is 58.0 Å². The van der Waals surface area contributed by atoms with E-state index in [9.17, 15) is 19.2 Å². The number of nitrogens with one attached hydrogen (secondary N) is 1. The van der Waals surface area contributed by atoms with Crippen molar-refractivity contribution in [1.29, 1.82) is 0 Å². The number of likely N-dealkylation sites (tertiary alicyclic amines) is 1. The van der Waals surface area contributed by atoms with Gasteiger partial charge in [0, 0.05) is 30.4 Å². The predicted octanol–water partition coefficient (Wildman–Crippen LogP) is 1.32. The zero-order valence-corrected chi connectivity index (χ0v) is 15.0. The molecule has 1 aliphatic heterocycles. The normalized spacial score (nSPS) is 13.4. The van der Waals surface area contributed by atoms with E-state index in [2.05, 4.69) is 10.4 Å². The van der Waals surface area contributed by atoms with Crippen LogP contribution in [-0.2, 0) is 11.3 Å². The molecule has 0 unspecified atom stereocenters. The van der Waals surface area contributed by atoms with Crippen molar-refractivity contribution >= 4 is 23.3 Å². The van der Waals surface area contributed by atoms with Crippen molar-refractivity contribution in [2.75, 3.05) is 18.4 Å². The molecule has 1 aromatic heterocycles. The van der Waals surface area contributed by atoms with E-state index >= 15 is 0 Å². The van der Waals surface area contributed by atoms with Gasteiger partial charge in [-0.05, 0) is 50.1 Å². The number of rotatable bonds is 5. The van der Waals surface area contributed by atoms with Gasteiger partial charge < -0.3 is 10.2 Å². The van der Waals surface area contributed by atoms with Crippen molar-refractivity contribution in [3.63, 3.8) is 0 Å². The lowest BCUT2D eigenvalue weighted by atomic mass is 10.1. The third-order valence-corrected chi connectivity index (χ3v) is 4.35. The number of Topliss-reactive ketones (excluding diaryl/α,β-unsaturated/α-hetero) is 1. The van der Waals surface area contributed by atoms with Crippen molar-refractivity contribution in [3.8, 4) is 0 Å². The molecule has 27 heavy (non-hydrogen) atoms. The number of benzene rings is 1. The number of nitrogens with zero attached hydrogens (tertiary/aromatic N) is 3. The van der Waals surface area contributed by atoms with Gasteiger partial charge in [0.1, 0.15) is 12.2 Å². The molecule has 1 aliphatic rings. The molecule has 2 amide bonds. The van der Waals surface area contributed by atoms with Crippen LogP contribution in [0, 0.1) is 0 Å². The number of carbonyl (C=O) groups is 3. The van der Waals surface area contributed by atoms with Gasteiger partial charge in [0.15, 0.2) is 5.78 Å². The second-order valence-corrected chi connectivity index (χ2v) is 6.40. The fraction of sp³-hybridized carbons (Fsp3) is 0.316. The van der Waals surface area contributed by atoms with Crippen LogP contribution in [0.25, 0.3) is 0 Å². The smallest absolute Gasteiger partial charge is 0.274 e. The van der Waals surface area contributed by atoms with E-state index in [1.807, 2.05) is 0 Å². The van der Waals surface area contributed by atoms with Crippen molar-refractivity contribution < 1.29 is 14.4 Å². The molecule has 0 atom stereocenters. The molecule has 140 valence electrons. The molecule has 1 N–H and O–H groups in total. The summed E-state index contributed by atoms with van der Waals surface area (Å²) < 4.78 is 0.975. The van der Waals surface area contributed by atoms with Crippen LogP contribution in [0.1, 0.15) is 40.6 Å². The molecular weight excluding hydrogens is 348 g/mol. The fourth-order valence-electron chi connectivity index (χ4n) is 2.88. The summed E-state index contributed by atoms with van der Waals surface area (Å²) in [5.41, 5.74) is 0.728. The van der Waals surface area contributed by atoms with Gasteiger partial charge in [0.2, 0.25) is 5.91 Å². The topological polar surface area (TPSA) is 101 Å². The van der Waals surface area contributed by atoms with Crippen LogP contribution in [0.5, 0.6) is 0 Å². The Balaban J connectivity index is 1.69. The van der Waals surface area contributed by atoms with Gasteiger partial charge in [-0.1, -0.05) is 0 Å². The summed E-state index contributed by atoms with van der Waals surface area (Å²) in [6.45, 7) is 2.50. The summed E-state index contributed by atoms with van der Waals surface area (Å²) in [4.78, 5) is 49.6. The Morgan fingerprint density at radius 2 is 1.70 bits per heavy atom. The number of anilines is 1. The minimum atomic E-state index is -0.463. The zero-order chi connectivity index (χ0) is 19.4. The first-order valence-corrected chi connectivity index (χ1v) is 8.72. The van der Waals surface area contributed by atoms with Gasteiger partial charge in [-0.3, -0.25) is 19.2 Å². The second kappa shape index (κ2) is 7.94. The van der Waals surface area contributed by atoms with Crippen LogP contribution in [0.2, 0.25) is 0 Å². The maximum absolute atomic E-state index is 12.4. The van der Waals surface area contributed by atoms with E-state index in [1.54, 1.807) is 29.2 Å². The van der Waals surface area contributed by atoms with Crippen LogP contribution < -0.4 is 10.9 Å². The molecule has 1 saturated heterocycles. The third-order valence-electron chi connectivity index (χ3n) is 4.35. The van der Waals surface area contributed by atoms with E-state index < -0.39 is 11.5 Å². The first kappa shape index (κ1) is 18.5. The minimum absolute atomic E-state index is 0.0666. The Morgan fingerprint density at radius 1 is 1.04 bits per heavy atom. The minimum Gasteiger partial charge on any atom is -0.337 e. The first-order chi connectivity index (χ1) is 12.9. The number of hydrogen-bond acceptors (Lipinski definition) is 5. The van der Waals surface area contributed by atoms with Gasteiger partial charge >= 0.3 is 0 Å². The molecule has 2 aromatic rings. The van der Waals surface area contributed by atoms with Crippen LogP contribution in [-0.4, -0.2) is 45.4 Å². The number of ketones is 1. The highest BCUT2D eigenvalue weighted by molar-refractivity contribution is 5.95. The highest BCUT2D eigenvalue weighted by Crippen LogP contribution is 2.11. The molecule has 0 saturated carbocycles. The molecule has 8 heteroatoms. The van der Waals surface area contributed by atoms with E-state index in [-0.39, 0.29) is 23.9 Å². The fourth-order valence-corrected chi connectivity index (χ4v) is 2.88. The maximum Gasteiger partial charge on any atom is 0.274 e. The summed E-state index contributed by atoms with van der Waals surface area (Å²) in [7, 11) is 0. The summed E-state index contributed by atoms with van der Waals surface area (Å²) >= 11 is 0. The van der Waals surface area contributed by atoms with E-state index in [0.717, 1.165) is 17.5 Å². The van der Waals surface area contributed by atoms with E-state index in [1.165, 1.54) is 19.1 Å². The lowest BCUT2D eigenvalue weighted by molar-refractivity contribution is -0.117.